The van der Waals surface area contributed by atoms with Crippen LogP contribution in [0.2, 0.25) is 0 Å². The van der Waals surface area contributed by atoms with E-state index in [4.69, 9.17) is 4.74 Å². The van der Waals surface area contributed by atoms with Crippen molar-refractivity contribution in [3.8, 4) is 5.88 Å². The van der Waals surface area contributed by atoms with Gasteiger partial charge in [0, 0.05) is 31.4 Å². The second-order valence-corrected chi connectivity index (χ2v) is 6.01. The zero-order chi connectivity index (χ0) is 17.1. The van der Waals surface area contributed by atoms with E-state index < -0.39 is 0 Å². The number of piperidine rings is 1. The summed E-state index contributed by atoms with van der Waals surface area (Å²) < 4.78 is 5.43. The standard InChI is InChI=1S/C17H21N7O/c1-2-25-15-9-14(20-11-21-15)23-12-4-7-24(8-5-12)17-16-13(3-6-18-17)19-10-22-16/h3,6,9-12H,2,4-5,7-8H2,1H3,(H,19,22)(H,20,21,23). The van der Waals surface area contributed by atoms with Gasteiger partial charge in [-0.05, 0) is 25.8 Å². The summed E-state index contributed by atoms with van der Waals surface area (Å²) in [6.45, 7) is 4.40. The first-order valence-electron chi connectivity index (χ1n) is 8.58. The lowest BCUT2D eigenvalue weighted by Crippen LogP contribution is -2.39. The average molecular weight is 339 g/mol. The molecule has 0 atom stereocenters. The van der Waals surface area contributed by atoms with E-state index in [0.717, 1.165) is 48.6 Å². The lowest BCUT2D eigenvalue weighted by molar-refractivity contribution is 0.326. The molecule has 3 aromatic heterocycles. The van der Waals surface area contributed by atoms with Crippen molar-refractivity contribution in [2.45, 2.75) is 25.8 Å². The topological polar surface area (TPSA) is 91.8 Å². The Morgan fingerprint density at radius 1 is 1.24 bits per heavy atom. The Hall–Kier alpha value is -2.90. The summed E-state index contributed by atoms with van der Waals surface area (Å²) in [5, 5.41) is 3.48. The second kappa shape index (κ2) is 6.92. The molecule has 8 nitrogen and oxygen atoms in total. The van der Waals surface area contributed by atoms with Crippen molar-refractivity contribution in [3.05, 3.63) is 31.0 Å². The van der Waals surface area contributed by atoms with Crippen molar-refractivity contribution in [1.29, 1.82) is 0 Å². The number of aromatic nitrogens is 5. The van der Waals surface area contributed by atoms with Gasteiger partial charge in [0.05, 0.1) is 18.5 Å². The maximum absolute atomic E-state index is 5.43. The molecule has 1 aliphatic rings. The van der Waals surface area contributed by atoms with Crippen LogP contribution in [0.5, 0.6) is 5.88 Å². The summed E-state index contributed by atoms with van der Waals surface area (Å²) in [7, 11) is 0. The van der Waals surface area contributed by atoms with E-state index in [-0.39, 0.29) is 0 Å². The predicted molar refractivity (Wildman–Crippen MR) is 95.9 cm³/mol. The Kier molecular flexibility index (Phi) is 4.32. The molecule has 2 N–H and O–H groups in total. The van der Waals surface area contributed by atoms with Gasteiger partial charge in [-0.25, -0.2) is 19.9 Å². The number of pyridine rings is 1. The van der Waals surface area contributed by atoms with Crippen molar-refractivity contribution in [3.63, 3.8) is 0 Å². The fourth-order valence-corrected chi connectivity index (χ4v) is 3.17. The van der Waals surface area contributed by atoms with Gasteiger partial charge in [0.1, 0.15) is 17.7 Å². The summed E-state index contributed by atoms with van der Waals surface area (Å²) >= 11 is 0. The molecule has 0 aromatic carbocycles. The van der Waals surface area contributed by atoms with Crippen molar-refractivity contribution >= 4 is 22.7 Å². The van der Waals surface area contributed by atoms with Crippen molar-refractivity contribution in [2.24, 2.45) is 0 Å². The molecule has 8 heteroatoms. The van der Waals surface area contributed by atoms with E-state index in [1.54, 1.807) is 6.33 Å². The highest BCUT2D eigenvalue weighted by Crippen LogP contribution is 2.25. The smallest absolute Gasteiger partial charge is 0.218 e. The van der Waals surface area contributed by atoms with E-state index in [1.165, 1.54) is 6.33 Å². The predicted octanol–water partition coefficient (Wildman–Crippen LogP) is 2.23. The Morgan fingerprint density at radius 3 is 2.96 bits per heavy atom. The third-order valence-electron chi connectivity index (χ3n) is 4.40. The molecule has 0 spiro atoms. The molecule has 1 saturated heterocycles. The van der Waals surface area contributed by atoms with E-state index in [1.807, 2.05) is 25.3 Å². The Labute approximate surface area is 145 Å². The Balaban J connectivity index is 1.40. The van der Waals surface area contributed by atoms with Crippen molar-refractivity contribution in [1.82, 2.24) is 24.9 Å². The lowest BCUT2D eigenvalue weighted by atomic mass is 10.0. The number of rotatable bonds is 5. The molecule has 0 radical (unpaired) electrons. The molecule has 1 fully saturated rings. The number of fused-ring (bicyclic) bond motifs is 1. The van der Waals surface area contributed by atoms with Gasteiger partial charge in [0.25, 0.3) is 0 Å². The van der Waals surface area contributed by atoms with Crippen molar-refractivity contribution < 1.29 is 4.74 Å². The lowest BCUT2D eigenvalue weighted by Gasteiger charge is -2.33. The minimum absolute atomic E-state index is 0.374. The quantitative estimate of drug-likeness (QED) is 0.736. The minimum atomic E-state index is 0.374. The van der Waals surface area contributed by atoms with E-state index in [0.29, 0.717) is 18.5 Å². The zero-order valence-electron chi connectivity index (χ0n) is 14.1. The summed E-state index contributed by atoms with van der Waals surface area (Å²) in [6, 6.07) is 4.17. The molecule has 4 rings (SSSR count). The van der Waals surface area contributed by atoms with Crippen LogP contribution in [-0.4, -0.2) is 50.7 Å². The van der Waals surface area contributed by atoms with Crippen LogP contribution in [0, 0.1) is 0 Å². The van der Waals surface area contributed by atoms with Gasteiger partial charge >= 0.3 is 0 Å². The highest BCUT2D eigenvalue weighted by atomic mass is 16.5. The highest BCUT2D eigenvalue weighted by Gasteiger charge is 2.22. The Morgan fingerprint density at radius 2 is 2.12 bits per heavy atom. The van der Waals surface area contributed by atoms with Crippen molar-refractivity contribution in [2.75, 3.05) is 29.9 Å². The van der Waals surface area contributed by atoms with E-state index in [9.17, 15) is 0 Å². The molecule has 0 saturated carbocycles. The summed E-state index contributed by atoms with van der Waals surface area (Å²) in [5.74, 6) is 2.37. The number of ether oxygens (including phenoxy) is 1. The van der Waals surface area contributed by atoms with E-state index >= 15 is 0 Å². The number of anilines is 2. The second-order valence-electron chi connectivity index (χ2n) is 6.01. The summed E-state index contributed by atoms with van der Waals surface area (Å²) in [5.41, 5.74) is 1.96. The monoisotopic (exact) mass is 339 g/mol. The third-order valence-corrected chi connectivity index (χ3v) is 4.40. The minimum Gasteiger partial charge on any atom is -0.478 e. The molecule has 3 aromatic rings. The normalized spacial score (nSPS) is 15.5. The summed E-state index contributed by atoms with van der Waals surface area (Å²) in [4.78, 5) is 22.8. The van der Waals surface area contributed by atoms with Crippen LogP contribution in [-0.2, 0) is 0 Å². The third kappa shape index (κ3) is 3.33. The van der Waals surface area contributed by atoms with Crippen LogP contribution in [0.1, 0.15) is 19.8 Å². The molecule has 0 amide bonds. The number of hydrogen-bond acceptors (Lipinski definition) is 7. The fraction of sp³-hybridized carbons (Fsp3) is 0.412. The van der Waals surface area contributed by atoms with Gasteiger partial charge in [-0.1, -0.05) is 0 Å². The van der Waals surface area contributed by atoms with Crippen LogP contribution in [0.15, 0.2) is 31.0 Å². The molecular weight excluding hydrogens is 318 g/mol. The number of H-pyrrole nitrogens is 1. The number of nitrogens with zero attached hydrogens (tertiary/aromatic N) is 5. The molecule has 130 valence electrons. The Bertz CT molecular complexity index is 842. The maximum Gasteiger partial charge on any atom is 0.218 e. The first-order valence-corrected chi connectivity index (χ1v) is 8.58. The molecule has 0 bridgehead atoms. The van der Waals surface area contributed by atoms with Gasteiger partial charge in [0.2, 0.25) is 5.88 Å². The highest BCUT2D eigenvalue weighted by molar-refractivity contribution is 5.85. The molecule has 0 aliphatic carbocycles. The van der Waals surface area contributed by atoms with Crippen LogP contribution in [0.25, 0.3) is 11.0 Å². The zero-order valence-corrected chi connectivity index (χ0v) is 14.1. The molecule has 1 aliphatic heterocycles. The summed E-state index contributed by atoms with van der Waals surface area (Å²) in [6.07, 6.45) is 7.10. The largest absolute Gasteiger partial charge is 0.478 e. The van der Waals surface area contributed by atoms with Crippen LogP contribution in [0.3, 0.4) is 0 Å². The van der Waals surface area contributed by atoms with Gasteiger partial charge in [-0.15, -0.1) is 0 Å². The maximum atomic E-state index is 5.43. The first-order chi connectivity index (χ1) is 12.3. The number of aromatic amines is 1. The molecular formula is C17H21N7O. The number of nitrogens with one attached hydrogen (secondary N) is 2. The van der Waals surface area contributed by atoms with Crippen LogP contribution >= 0.6 is 0 Å². The first kappa shape index (κ1) is 15.6. The SMILES string of the molecule is CCOc1cc(NC2CCN(c3nccc4[nH]cnc34)CC2)ncn1. The molecule has 0 unspecified atom stereocenters. The molecule has 25 heavy (non-hydrogen) atoms. The van der Waals surface area contributed by atoms with Gasteiger partial charge in [-0.3, -0.25) is 0 Å². The van der Waals surface area contributed by atoms with Gasteiger partial charge < -0.3 is 19.9 Å². The van der Waals surface area contributed by atoms with Crippen LogP contribution < -0.4 is 15.0 Å². The van der Waals surface area contributed by atoms with E-state index in [2.05, 4.69) is 35.1 Å². The average Bonchev–Trinajstić information content (AvgIpc) is 3.12. The molecule has 4 heterocycles. The number of hydrogen-bond donors (Lipinski definition) is 2. The fourth-order valence-electron chi connectivity index (χ4n) is 3.17. The van der Waals surface area contributed by atoms with Gasteiger partial charge in [0.15, 0.2) is 5.82 Å². The van der Waals surface area contributed by atoms with Gasteiger partial charge in [-0.2, -0.15) is 0 Å². The van der Waals surface area contributed by atoms with Crippen LogP contribution in [0.4, 0.5) is 11.6 Å². The number of imidazole rings is 1.